The van der Waals surface area contributed by atoms with Crippen LogP contribution in [0.2, 0.25) is 0 Å². The molecule has 2 rings (SSSR count). The predicted molar refractivity (Wildman–Crippen MR) is 51.8 cm³/mol. The minimum atomic E-state index is -0.769. The van der Waals surface area contributed by atoms with Crippen molar-refractivity contribution in [3.8, 4) is 5.75 Å². The summed E-state index contributed by atoms with van der Waals surface area (Å²) < 4.78 is 10.3. The largest absolute Gasteiger partial charge is 0.462 e. The van der Waals surface area contributed by atoms with Gasteiger partial charge in [-0.2, -0.15) is 0 Å². The highest BCUT2D eigenvalue weighted by atomic mass is 35.5. The fourth-order valence-corrected chi connectivity index (χ4v) is 1.67. The van der Waals surface area contributed by atoms with Crippen LogP contribution in [0.15, 0.2) is 24.3 Å². The van der Waals surface area contributed by atoms with Crippen molar-refractivity contribution in [2.75, 3.05) is 7.11 Å². The molecule has 74 valence electrons. The first kappa shape index (κ1) is 9.49. The van der Waals surface area contributed by atoms with Gasteiger partial charge in [-0.3, -0.25) is 4.79 Å². The van der Waals surface area contributed by atoms with Crippen molar-refractivity contribution in [2.24, 2.45) is 0 Å². The summed E-state index contributed by atoms with van der Waals surface area (Å²) >= 11 is 5.86. The number of carbonyl (C=O) groups excluding carboxylic acids is 1. The second-order valence-electron chi connectivity index (χ2n) is 2.98. The lowest BCUT2D eigenvalue weighted by atomic mass is 10.0. The van der Waals surface area contributed by atoms with Crippen molar-refractivity contribution in [1.29, 1.82) is 0 Å². The zero-order valence-corrected chi connectivity index (χ0v) is 8.32. The van der Waals surface area contributed by atoms with Gasteiger partial charge in [0.05, 0.1) is 5.56 Å². The number of alkyl halides is 1. The number of hydrogen-bond acceptors (Lipinski definition) is 3. The van der Waals surface area contributed by atoms with Crippen LogP contribution < -0.4 is 4.74 Å². The highest BCUT2D eigenvalue weighted by Gasteiger charge is 2.35. The molecule has 0 radical (unpaired) electrons. The van der Waals surface area contributed by atoms with Gasteiger partial charge in [-0.25, -0.2) is 0 Å². The van der Waals surface area contributed by atoms with E-state index >= 15 is 0 Å². The average molecular weight is 213 g/mol. The molecule has 0 saturated heterocycles. The van der Waals surface area contributed by atoms with Crippen LogP contribution in [-0.2, 0) is 4.74 Å². The van der Waals surface area contributed by atoms with Crippen molar-refractivity contribution in [1.82, 2.24) is 0 Å². The highest BCUT2D eigenvalue weighted by Crippen LogP contribution is 2.29. The Labute approximate surface area is 86.6 Å². The molecule has 1 aliphatic heterocycles. The summed E-state index contributed by atoms with van der Waals surface area (Å²) in [7, 11) is 1.46. The van der Waals surface area contributed by atoms with Crippen LogP contribution in [0.1, 0.15) is 10.4 Å². The Morgan fingerprint density at radius 2 is 2.14 bits per heavy atom. The molecule has 1 aromatic carbocycles. The molecule has 1 aromatic rings. The topological polar surface area (TPSA) is 35.5 Å². The van der Waals surface area contributed by atoms with Crippen molar-refractivity contribution >= 4 is 17.4 Å². The third kappa shape index (κ3) is 1.38. The van der Waals surface area contributed by atoms with Crippen LogP contribution in [0.4, 0.5) is 0 Å². The first-order valence-electron chi connectivity index (χ1n) is 4.21. The highest BCUT2D eigenvalue weighted by molar-refractivity contribution is 6.35. The lowest BCUT2D eigenvalue weighted by Gasteiger charge is -2.27. The quantitative estimate of drug-likeness (QED) is 0.667. The molecule has 2 atom stereocenters. The number of hydrogen-bond donors (Lipinski definition) is 0. The molecule has 0 aromatic heterocycles. The zero-order chi connectivity index (χ0) is 10.1. The number of rotatable bonds is 1. The van der Waals surface area contributed by atoms with Crippen LogP contribution in [0.25, 0.3) is 0 Å². The minimum absolute atomic E-state index is 0.152. The lowest BCUT2D eigenvalue weighted by molar-refractivity contribution is -0.0548. The zero-order valence-electron chi connectivity index (χ0n) is 7.57. The molecule has 4 heteroatoms. The molecule has 0 aliphatic carbocycles. The van der Waals surface area contributed by atoms with Gasteiger partial charge in [-0.1, -0.05) is 12.1 Å². The van der Waals surface area contributed by atoms with E-state index in [0.717, 1.165) is 0 Å². The number of benzene rings is 1. The van der Waals surface area contributed by atoms with Gasteiger partial charge in [0.15, 0.2) is 11.2 Å². The van der Waals surface area contributed by atoms with E-state index in [1.54, 1.807) is 24.3 Å². The molecule has 3 nitrogen and oxygen atoms in total. The molecule has 0 fully saturated rings. The number of ketones is 1. The van der Waals surface area contributed by atoms with Gasteiger partial charge >= 0.3 is 0 Å². The van der Waals surface area contributed by atoms with Crippen molar-refractivity contribution in [2.45, 2.75) is 11.7 Å². The van der Waals surface area contributed by atoms with Crippen LogP contribution in [-0.4, -0.2) is 24.6 Å². The summed E-state index contributed by atoms with van der Waals surface area (Å²) in [5.41, 5.74) is 0.515. The summed E-state index contributed by atoms with van der Waals surface area (Å²) in [6, 6.07) is 6.99. The summed E-state index contributed by atoms with van der Waals surface area (Å²) in [4.78, 5) is 11.7. The number of para-hydroxylation sites is 1. The van der Waals surface area contributed by atoms with Crippen molar-refractivity contribution in [3.05, 3.63) is 29.8 Å². The fraction of sp³-hybridized carbons (Fsp3) is 0.300. The van der Waals surface area contributed by atoms with Gasteiger partial charge in [-0.15, -0.1) is 11.6 Å². The Morgan fingerprint density at radius 1 is 1.43 bits per heavy atom. The van der Waals surface area contributed by atoms with Gasteiger partial charge in [0.25, 0.3) is 0 Å². The van der Waals surface area contributed by atoms with E-state index in [1.165, 1.54) is 7.11 Å². The van der Waals surface area contributed by atoms with E-state index in [9.17, 15) is 4.79 Å². The van der Waals surface area contributed by atoms with Crippen LogP contribution >= 0.6 is 11.6 Å². The Hall–Kier alpha value is -1.06. The maximum absolute atomic E-state index is 11.7. The maximum atomic E-state index is 11.7. The molecule has 0 N–H and O–H groups in total. The Morgan fingerprint density at radius 3 is 2.86 bits per heavy atom. The molecule has 1 aliphatic rings. The van der Waals surface area contributed by atoms with Crippen molar-refractivity contribution in [3.63, 3.8) is 0 Å². The molecule has 0 bridgehead atoms. The van der Waals surface area contributed by atoms with Crippen LogP contribution in [0, 0.1) is 0 Å². The maximum Gasteiger partial charge on any atom is 0.223 e. The van der Waals surface area contributed by atoms with Gasteiger partial charge in [0, 0.05) is 7.11 Å². The second kappa shape index (κ2) is 3.59. The number of carbonyl (C=O) groups is 1. The normalized spacial score (nSPS) is 25.4. The number of ether oxygens (including phenoxy) is 2. The van der Waals surface area contributed by atoms with Gasteiger partial charge in [-0.05, 0) is 12.1 Å². The molecule has 14 heavy (non-hydrogen) atoms. The number of methoxy groups -OCH3 is 1. The average Bonchev–Trinajstić information content (AvgIpc) is 2.23. The predicted octanol–water partition coefficient (Wildman–Crippen LogP) is 1.84. The molecular weight excluding hydrogens is 204 g/mol. The molecule has 0 saturated carbocycles. The number of halogens is 1. The molecule has 0 amide bonds. The Bertz CT molecular complexity index is 364. The summed E-state index contributed by atoms with van der Waals surface area (Å²) in [6.45, 7) is 0. The number of Topliss-reactive ketones (excluding diaryl/α,β-unsaturated/α-hetero) is 1. The monoisotopic (exact) mass is 212 g/mol. The van der Waals surface area contributed by atoms with E-state index < -0.39 is 11.7 Å². The van der Waals surface area contributed by atoms with Gasteiger partial charge in [0.1, 0.15) is 5.75 Å². The van der Waals surface area contributed by atoms with Gasteiger partial charge < -0.3 is 9.47 Å². The Balaban J connectivity index is 2.42. The molecule has 1 heterocycles. The van der Waals surface area contributed by atoms with E-state index in [4.69, 9.17) is 21.1 Å². The van der Waals surface area contributed by atoms with Crippen LogP contribution in [0.3, 0.4) is 0 Å². The molecule has 2 unspecified atom stereocenters. The lowest BCUT2D eigenvalue weighted by Crippen LogP contribution is -2.39. The number of fused-ring (bicyclic) bond motifs is 1. The third-order valence-electron chi connectivity index (χ3n) is 2.12. The van der Waals surface area contributed by atoms with E-state index in [1.807, 2.05) is 0 Å². The second-order valence-corrected chi connectivity index (χ2v) is 3.45. The minimum Gasteiger partial charge on any atom is -0.462 e. The Kier molecular flexibility index (Phi) is 2.44. The standard InChI is InChI=1S/C10H9ClO3/c1-13-10-8(11)9(12)6-4-2-3-5-7(6)14-10/h2-5,8,10H,1H3. The smallest absolute Gasteiger partial charge is 0.223 e. The third-order valence-corrected chi connectivity index (χ3v) is 2.52. The van der Waals surface area contributed by atoms with E-state index in [0.29, 0.717) is 11.3 Å². The summed E-state index contributed by atoms with van der Waals surface area (Å²) in [5, 5.41) is -0.769. The first-order chi connectivity index (χ1) is 6.74. The van der Waals surface area contributed by atoms with Crippen LogP contribution in [0.5, 0.6) is 5.75 Å². The SMILES string of the molecule is COC1Oc2ccccc2C(=O)C1Cl. The van der Waals surface area contributed by atoms with E-state index in [-0.39, 0.29) is 5.78 Å². The summed E-state index contributed by atoms with van der Waals surface area (Å²) in [6.07, 6.45) is -0.695. The summed E-state index contributed by atoms with van der Waals surface area (Å²) in [5.74, 6) is 0.376. The fourth-order valence-electron chi connectivity index (χ4n) is 1.40. The molecular formula is C10H9ClO3. The van der Waals surface area contributed by atoms with Gasteiger partial charge in [0.2, 0.25) is 6.29 Å². The van der Waals surface area contributed by atoms with E-state index in [2.05, 4.69) is 0 Å². The first-order valence-corrected chi connectivity index (χ1v) is 4.64. The molecule has 0 spiro atoms. The van der Waals surface area contributed by atoms with Crippen molar-refractivity contribution < 1.29 is 14.3 Å².